The summed E-state index contributed by atoms with van der Waals surface area (Å²) in [6.07, 6.45) is -3.93. The van der Waals surface area contributed by atoms with E-state index >= 15 is 0 Å². The summed E-state index contributed by atoms with van der Waals surface area (Å²) in [4.78, 5) is 11.7. The van der Waals surface area contributed by atoms with Gasteiger partial charge in [0.15, 0.2) is 5.82 Å². The molecule has 2 N–H and O–H groups in total. The van der Waals surface area contributed by atoms with E-state index in [4.69, 9.17) is 5.26 Å². The van der Waals surface area contributed by atoms with Crippen LogP contribution >= 0.6 is 0 Å². The van der Waals surface area contributed by atoms with E-state index < -0.39 is 55.9 Å². The Morgan fingerprint density at radius 1 is 1.28 bits per heavy atom. The van der Waals surface area contributed by atoms with Crippen LogP contribution in [0.25, 0.3) is 0 Å². The number of halogens is 5. The molecular weight excluding hydrogens is 423 g/mol. The van der Waals surface area contributed by atoms with Gasteiger partial charge in [-0.1, -0.05) is 0 Å². The number of anilines is 1. The molecule has 0 fully saturated rings. The van der Waals surface area contributed by atoms with Crippen molar-refractivity contribution in [2.45, 2.75) is 24.0 Å². The molecule has 13 heteroatoms. The number of benzene rings is 1. The van der Waals surface area contributed by atoms with Crippen LogP contribution in [0.5, 0.6) is 0 Å². The van der Waals surface area contributed by atoms with E-state index in [0.29, 0.717) is 6.92 Å². The van der Waals surface area contributed by atoms with Crippen LogP contribution in [0.4, 0.5) is 27.6 Å². The monoisotopic (exact) mass is 436 g/mol. The Labute approximate surface area is 161 Å². The summed E-state index contributed by atoms with van der Waals surface area (Å²) in [6, 6.07) is 1.32. The van der Waals surface area contributed by atoms with Crippen molar-refractivity contribution < 1.29 is 35.2 Å². The highest BCUT2D eigenvalue weighted by molar-refractivity contribution is 7.89. The zero-order valence-electron chi connectivity index (χ0n) is 14.8. The molecule has 2 rings (SSSR count). The van der Waals surface area contributed by atoms with Crippen LogP contribution in [0.2, 0.25) is 0 Å². The van der Waals surface area contributed by atoms with Gasteiger partial charge in [-0.05, 0) is 25.1 Å². The maximum Gasteiger partial charge on any atom is 0.404 e. The molecule has 7 nitrogen and oxygen atoms in total. The molecule has 2 aromatic rings. The van der Waals surface area contributed by atoms with Crippen molar-refractivity contribution in [3.63, 3.8) is 0 Å². The molecule has 0 aliphatic rings. The number of rotatable bonds is 5. The summed E-state index contributed by atoms with van der Waals surface area (Å²) in [7, 11) is -3.37. The third-order valence-electron chi connectivity index (χ3n) is 3.80. The number of nitrogens with one attached hydrogen (secondary N) is 2. The number of amides is 1. The lowest BCUT2D eigenvalue weighted by molar-refractivity contribution is -0.147. The molecule has 1 amide bonds. The molecule has 1 heterocycles. The lowest BCUT2D eigenvalue weighted by Gasteiger charge is -2.16. The number of alkyl halides is 3. The Morgan fingerprint density at radius 3 is 2.45 bits per heavy atom. The smallest absolute Gasteiger partial charge is 0.345 e. The summed E-state index contributed by atoms with van der Waals surface area (Å²) in [5.41, 5.74) is -1.81. The summed E-state index contributed by atoms with van der Waals surface area (Å²) >= 11 is 0. The van der Waals surface area contributed by atoms with Gasteiger partial charge in [0.05, 0.1) is 5.69 Å². The van der Waals surface area contributed by atoms with Crippen LogP contribution in [0, 0.1) is 23.0 Å². The van der Waals surface area contributed by atoms with Gasteiger partial charge in [-0.15, -0.1) is 0 Å². The maximum atomic E-state index is 14.1. The molecule has 0 unspecified atom stereocenters. The molecule has 29 heavy (non-hydrogen) atoms. The van der Waals surface area contributed by atoms with Gasteiger partial charge in [-0.2, -0.15) is 23.2 Å². The number of carbonyl (C=O) groups is 1. The standard InChI is InChI=1S/C16H13F5N4O3S/c1-8(16(19,20)21)24-29(27,28)9-5-13(25(2)7-9)15(26)23-12-4-3-11(17)10(6-22)14(12)18/h3-5,7-8,24H,1-2H3,(H,23,26)/t8-/m0/s1. The van der Waals surface area contributed by atoms with Crippen molar-refractivity contribution in [1.82, 2.24) is 9.29 Å². The fraction of sp³-hybridized carbons (Fsp3) is 0.250. The number of hydrogen-bond acceptors (Lipinski definition) is 4. The molecule has 0 aliphatic heterocycles. The normalized spacial score (nSPS) is 13.0. The molecule has 0 radical (unpaired) electrons. The van der Waals surface area contributed by atoms with E-state index in [2.05, 4.69) is 5.32 Å². The second-order valence-corrected chi connectivity index (χ2v) is 7.62. The van der Waals surface area contributed by atoms with E-state index in [1.54, 1.807) is 0 Å². The van der Waals surface area contributed by atoms with Crippen molar-refractivity contribution in [2.24, 2.45) is 7.05 Å². The van der Waals surface area contributed by atoms with Crippen LogP contribution in [-0.2, 0) is 17.1 Å². The average molecular weight is 436 g/mol. The molecule has 0 aliphatic carbocycles. The van der Waals surface area contributed by atoms with Gasteiger partial charge in [0.25, 0.3) is 5.91 Å². The number of nitriles is 1. The Bertz CT molecular complexity index is 1100. The first-order valence-electron chi connectivity index (χ1n) is 7.72. The first-order chi connectivity index (χ1) is 13.3. The van der Waals surface area contributed by atoms with E-state index in [-0.39, 0.29) is 5.69 Å². The van der Waals surface area contributed by atoms with Crippen LogP contribution < -0.4 is 10.0 Å². The number of aromatic nitrogens is 1. The van der Waals surface area contributed by atoms with Crippen LogP contribution in [0.15, 0.2) is 29.3 Å². The summed E-state index contributed by atoms with van der Waals surface area (Å²) in [6.45, 7) is 0.609. The number of carbonyl (C=O) groups excluding carboxylic acids is 1. The Balaban J connectivity index is 2.31. The molecule has 1 aromatic carbocycles. The molecular formula is C16H13F5N4O3S. The van der Waals surface area contributed by atoms with Gasteiger partial charge in [-0.25, -0.2) is 17.2 Å². The minimum atomic E-state index is -4.82. The van der Waals surface area contributed by atoms with Crippen molar-refractivity contribution in [3.8, 4) is 6.07 Å². The van der Waals surface area contributed by atoms with Gasteiger partial charge in [0.2, 0.25) is 10.0 Å². The number of aryl methyl sites for hydroxylation is 1. The average Bonchev–Trinajstić information content (AvgIpc) is 2.99. The van der Waals surface area contributed by atoms with Gasteiger partial charge < -0.3 is 9.88 Å². The SMILES string of the molecule is C[C@H](NS(=O)(=O)c1cc(C(=O)Nc2ccc(F)c(C#N)c2F)n(C)c1)C(F)(F)F. The lowest BCUT2D eigenvalue weighted by Crippen LogP contribution is -2.42. The van der Waals surface area contributed by atoms with Gasteiger partial charge in [0, 0.05) is 13.2 Å². The quantitative estimate of drug-likeness (QED) is 0.704. The number of hydrogen-bond donors (Lipinski definition) is 2. The highest BCUT2D eigenvalue weighted by Crippen LogP contribution is 2.24. The predicted molar refractivity (Wildman–Crippen MR) is 90.3 cm³/mol. The molecule has 0 spiro atoms. The number of nitrogens with zero attached hydrogens (tertiary/aromatic N) is 2. The second-order valence-electron chi connectivity index (χ2n) is 5.91. The summed E-state index contributed by atoms with van der Waals surface area (Å²) in [5.74, 6) is -3.50. The van der Waals surface area contributed by atoms with Gasteiger partial charge in [0.1, 0.15) is 34.1 Å². The van der Waals surface area contributed by atoms with Crippen molar-refractivity contribution in [2.75, 3.05) is 5.32 Å². The van der Waals surface area contributed by atoms with Crippen molar-refractivity contribution >= 4 is 21.6 Å². The van der Waals surface area contributed by atoms with E-state index in [9.17, 15) is 35.2 Å². The number of sulfonamides is 1. The first-order valence-corrected chi connectivity index (χ1v) is 9.21. The van der Waals surface area contributed by atoms with Gasteiger partial charge in [-0.3, -0.25) is 4.79 Å². The fourth-order valence-corrected chi connectivity index (χ4v) is 3.51. The maximum absolute atomic E-state index is 14.1. The summed E-state index contributed by atoms with van der Waals surface area (Å²) in [5, 5.41) is 10.8. The van der Waals surface area contributed by atoms with Crippen LogP contribution in [0.1, 0.15) is 23.0 Å². The zero-order chi connectivity index (χ0) is 22.1. The third kappa shape index (κ3) is 4.72. The highest BCUT2D eigenvalue weighted by Gasteiger charge is 2.39. The molecule has 0 saturated heterocycles. The van der Waals surface area contributed by atoms with Crippen LogP contribution in [0.3, 0.4) is 0 Å². The van der Waals surface area contributed by atoms with Gasteiger partial charge >= 0.3 is 6.18 Å². The largest absolute Gasteiger partial charge is 0.404 e. The predicted octanol–water partition coefficient (Wildman–Crippen LogP) is 2.66. The lowest BCUT2D eigenvalue weighted by atomic mass is 10.2. The topological polar surface area (TPSA) is 104 Å². The molecule has 0 saturated carbocycles. The molecule has 156 valence electrons. The first kappa shape index (κ1) is 22.3. The van der Waals surface area contributed by atoms with E-state index in [1.807, 2.05) is 0 Å². The second kappa shape index (κ2) is 7.80. The van der Waals surface area contributed by atoms with E-state index in [1.165, 1.54) is 17.8 Å². The summed E-state index contributed by atoms with van der Waals surface area (Å²) < 4.78 is 91.9. The van der Waals surface area contributed by atoms with Crippen LogP contribution in [-0.4, -0.2) is 31.1 Å². The molecule has 1 atom stereocenters. The highest BCUT2D eigenvalue weighted by atomic mass is 32.2. The van der Waals surface area contributed by atoms with Crippen molar-refractivity contribution in [1.29, 1.82) is 5.26 Å². The minimum Gasteiger partial charge on any atom is -0.345 e. The molecule has 1 aromatic heterocycles. The Morgan fingerprint density at radius 2 is 1.90 bits per heavy atom. The minimum absolute atomic E-state index is 0.340. The van der Waals surface area contributed by atoms with E-state index in [0.717, 1.165) is 29.0 Å². The zero-order valence-corrected chi connectivity index (χ0v) is 15.6. The Kier molecular flexibility index (Phi) is 6.00. The molecule has 0 bridgehead atoms. The Hall–Kier alpha value is -2.98. The fourth-order valence-electron chi connectivity index (χ4n) is 2.21. The third-order valence-corrected chi connectivity index (χ3v) is 5.30. The van der Waals surface area contributed by atoms with Crippen molar-refractivity contribution in [3.05, 3.63) is 47.3 Å².